The summed E-state index contributed by atoms with van der Waals surface area (Å²) >= 11 is 6.72. The van der Waals surface area contributed by atoms with Crippen LogP contribution < -0.4 is 5.32 Å². The van der Waals surface area contributed by atoms with Gasteiger partial charge in [-0.1, -0.05) is 0 Å². The predicted octanol–water partition coefficient (Wildman–Crippen LogP) is 0.865. The Balaban J connectivity index is 2.59. The molecule has 8 heteroatoms. The summed E-state index contributed by atoms with van der Waals surface area (Å²) in [5.41, 5.74) is 0.649. The highest BCUT2D eigenvalue weighted by Crippen LogP contribution is 2.16. The second kappa shape index (κ2) is 4.91. The molecule has 1 rings (SSSR count). The largest absolute Gasteiger partial charge is 0.301 e. The molecule has 1 aromatic heterocycles. The fourth-order valence-corrected chi connectivity index (χ4v) is 2.32. The zero-order valence-corrected chi connectivity index (χ0v) is 10.2. The van der Waals surface area contributed by atoms with Crippen molar-refractivity contribution in [1.29, 1.82) is 0 Å². The van der Waals surface area contributed by atoms with E-state index in [1.807, 2.05) is 0 Å². The van der Waals surface area contributed by atoms with Crippen molar-refractivity contribution in [2.45, 2.75) is 5.88 Å². The number of thiazole rings is 1. The number of aromatic nitrogens is 1. The molecule has 15 heavy (non-hydrogen) atoms. The lowest BCUT2D eigenvalue weighted by molar-refractivity contribution is -0.113. The molecule has 0 aliphatic rings. The van der Waals surface area contributed by atoms with E-state index in [1.54, 1.807) is 5.38 Å². The number of nitrogens with one attached hydrogen (secondary N) is 1. The molecule has 1 aromatic rings. The Labute approximate surface area is 96.4 Å². The summed E-state index contributed by atoms with van der Waals surface area (Å²) in [6, 6.07) is 0. The van der Waals surface area contributed by atoms with Crippen LogP contribution in [0.15, 0.2) is 5.38 Å². The molecule has 0 fully saturated rings. The van der Waals surface area contributed by atoms with Gasteiger partial charge in [-0.15, -0.1) is 22.9 Å². The van der Waals surface area contributed by atoms with E-state index in [2.05, 4.69) is 10.3 Å². The normalized spacial score (nSPS) is 11.3. The SMILES string of the molecule is CS(=O)(=O)CC(=O)Nc1nc(CCl)cs1. The molecule has 0 spiro atoms. The second-order valence-electron chi connectivity index (χ2n) is 2.90. The maximum absolute atomic E-state index is 11.2. The minimum atomic E-state index is -3.30. The molecule has 1 N–H and O–H groups in total. The van der Waals surface area contributed by atoms with Crippen LogP contribution in [0, 0.1) is 0 Å². The third-order valence-electron chi connectivity index (χ3n) is 1.33. The van der Waals surface area contributed by atoms with Crippen LogP contribution in [0.2, 0.25) is 0 Å². The minimum Gasteiger partial charge on any atom is -0.301 e. The molecule has 0 atom stereocenters. The van der Waals surface area contributed by atoms with Crippen LogP contribution in [0.5, 0.6) is 0 Å². The molecule has 0 unspecified atom stereocenters. The summed E-state index contributed by atoms with van der Waals surface area (Å²) in [5.74, 6) is -0.866. The first-order valence-electron chi connectivity index (χ1n) is 3.88. The van der Waals surface area contributed by atoms with Gasteiger partial charge in [-0.05, 0) is 0 Å². The van der Waals surface area contributed by atoms with E-state index >= 15 is 0 Å². The van der Waals surface area contributed by atoms with Crippen molar-refractivity contribution >= 4 is 43.8 Å². The molecular weight excluding hydrogens is 260 g/mol. The lowest BCUT2D eigenvalue weighted by Crippen LogP contribution is -2.21. The third kappa shape index (κ3) is 4.59. The molecule has 84 valence electrons. The number of hydrogen-bond acceptors (Lipinski definition) is 5. The Morgan fingerprint density at radius 1 is 1.67 bits per heavy atom. The number of rotatable bonds is 4. The lowest BCUT2D eigenvalue weighted by Gasteiger charge is -1.98. The molecule has 0 aliphatic carbocycles. The summed E-state index contributed by atoms with van der Waals surface area (Å²) in [6.45, 7) is 0. The maximum atomic E-state index is 11.2. The highest BCUT2D eigenvalue weighted by molar-refractivity contribution is 7.91. The van der Waals surface area contributed by atoms with E-state index in [0.717, 1.165) is 6.26 Å². The average molecular weight is 269 g/mol. The van der Waals surface area contributed by atoms with Crippen LogP contribution in [-0.2, 0) is 20.5 Å². The van der Waals surface area contributed by atoms with Crippen LogP contribution in [0.4, 0.5) is 5.13 Å². The van der Waals surface area contributed by atoms with Crippen LogP contribution in [0.1, 0.15) is 5.69 Å². The number of nitrogens with zero attached hydrogens (tertiary/aromatic N) is 1. The van der Waals surface area contributed by atoms with Gasteiger partial charge in [-0.2, -0.15) is 0 Å². The smallest absolute Gasteiger partial charge is 0.241 e. The van der Waals surface area contributed by atoms with Gasteiger partial charge in [-0.3, -0.25) is 4.79 Å². The number of carbonyl (C=O) groups excluding carboxylic acids is 1. The monoisotopic (exact) mass is 268 g/mol. The number of amides is 1. The van der Waals surface area contributed by atoms with Crippen LogP contribution in [0.25, 0.3) is 0 Å². The molecular formula is C7H9ClN2O3S2. The van der Waals surface area contributed by atoms with Crippen LogP contribution in [0.3, 0.4) is 0 Å². The Bertz CT molecular complexity index is 455. The van der Waals surface area contributed by atoms with Gasteiger partial charge in [0.05, 0.1) is 11.6 Å². The molecule has 0 saturated carbocycles. The van der Waals surface area contributed by atoms with Crippen LogP contribution in [-0.4, -0.2) is 31.3 Å². The zero-order chi connectivity index (χ0) is 11.5. The van der Waals surface area contributed by atoms with E-state index in [1.165, 1.54) is 11.3 Å². The molecule has 0 radical (unpaired) electrons. The predicted molar refractivity (Wildman–Crippen MR) is 60.0 cm³/mol. The first kappa shape index (κ1) is 12.4. The molecule has 0 aliphatic heterocycles. The molecule has 0 bridgehead atoms. The fraction of sp³-hybridized carbons (Fsp3) is 0.429. The molecule has 0 aromatic carbocycles. The first-order valence-corrected chi connectivity index (χ1v) is 7.36. The van der Waals surface area contributed by atoms with Gasteiger partial charge in [-0.25, -0.2) is 13.4 Å². The lowest BCUT2D eigenvalue weighted by atomic mass is 10.6. The van der Waals surface area contributed by atoms with Crippen molar-refractivity contribution in [3.05, 3.63) is 11.1 Å². The van der Waals surface area contributed by atoms with Gasteiger partial charge in [0, 0.05) is 11.6 Å². The Kier molecular flexibility index (Phi) is 4.06. The van der Waals surface area contributed by atoms with Crippen molar-refractivity contribution in [2.75, 3.05) is 17.3 Å². The molecule has 0 saturated heterocycles. The molecule has 1 amide bonds. The zero-order valence-electron chi connectivity index (χ0n) is 7.86. The summed E-state index contributed by atoms with van der Waals surface area (Å²) in [7, 11) is -3.30. The summed E-state index contributed by atoms with van der Waals surface area (Å²) in [4.78, 5) is 15.1. The average Bonchev–Trinajstić information content (AvgIpc) is 2.48. The van der Waals surface area contributed by atoms with Crippen molar-refractivity contribution < 1.29 is 13.2 Å². The van der Waals surface area contributed by atoms with Gasteiger partial charge >= 0.3 is 0 Å². The minimum absolute atomic E-state index is 0.262. The van der Waals surface area contributed by atoms with Gasteiger partial charge in [0.2, 0.25) is 5.91 Å². The second-order valence-corrected chi connectivity index (χ2v) is 6.16. The summed E-state index contributed by atoms with van der Waals surface area (Å²) in [6.07, 6.45) is 0.999. The van der Waals surface area contributed by atoms with Crippen molar-refractivity contribution in [2.24, 2.45) is 0 Å². The number of anilines is 1. The topological polar surface area (TPSA) is 76.1 Å². The summed E-state index contributed by atoms with van der Waals surface area (Å²) in [5, 5.41) is 4.44. The van der Waals surface area contributed by atoms with Gasteiger partial charge in [0.15, 0.2) is 15.0 Å². The highest BCUT2D eigenvalue weighted by atomic mass is 35.5. The molecule has 1 heterocycles. The fourth-order valence-electron chi connectivity index (χ4n) is 0.819. The van der Waals surface area contributed by atoms with E-state index < -0.39 is 21.5 Å². The number of halogens is 1. The Morgan fingerprint density at radius 2 is 2.33 bits per heavy atom. The standard InChI is InChI=1S/C7H9ClN2O3S2/c1-15(12,13)4-6(11)10-7-9-5(2-8)3-14-7/h3H,2,4H2,1H3,(H,9,10,11). The van der Waals surface area contributed by atoms with Crippen molar-refractivity contribution in [1.82, 2.24) is 4.98 Å². The van der Waals surface area contributed by atoms with Crippen LogP contribution >= 0.6 is 22.9 Å². The summed E-state index contributed by atoms with van der Waals surface area (Å²) < 4.78 is 21.6. The van der Waals surface area contributed by atoms with Crippen molar-refractivity contribution in [3.63, 3.8) is 0 Å². The third-order valence-corrected chi connectivity index (χ3v) is 3.20. The van der Waals surface area contributed by atoms with Gasteiger partial charge < -0.3 is 5.32 Å². The molecule has 5 nitrogen and oxygen atoms in total. The number of carbonyl (C=O) groups is 1. The van der Waals surface area contributed by atoms with E-state index in [0.29, 0.717) is 10.8 Å². The quantitative estimate of drug-likeness (QED) is 0.822. The van der Waals surface area contributed by atoms with E-state index in [-0.39, 0.29) is 5.88 Å². The Morgan fingerprint density at radius 3 is 2.80 bits per heavy atom. The van der Waals surface area contributed by atoms with E-state index in [4.69, 9.17) is 11.6 Å². The van der Waals surface area contributed by atoms with E-state index in [9.17, 15) is 13.2 Å². The number of hydrogen-bond donors (Lipinski definition) is 1. The van der Waals surface area contributed by atoms with Gasteiger partial charge in [0.25, 0.3) is 0 Å². The first-order chi connectivity index (χ1) is 6.90. The maximum Gasteiger partial charge on any atom is 0.241 e. The number of sulfone groups is 1. The van der Waals surface area contributed by atoms with Gasteiger partial charge in [0.1, 0.15) is 5.75 Å². The Hall–Kier alpha value is -0.660. The highest BCUT2D eigenvalue weighted by Gasteiger charge is 2.12. The van der Waals surface area contributed by atoms with Crippen molar-refractivity contribution in [3.8, 4) is 0 Å². The number of alkyl halides is 1.